The Hall–Kier alpha value is -0.710. The molecule has 0 bridgehead atoms. The first-order valence-corrected chi connectivity index (χ1v) is 5.38. The fraction of sp³-hybridized carbons (Fsp3) is 0.900. The topological polar surface area (TPSA) is 23.6 Å². The molecule has 0 aromatic heterocycles. The highest BCUT2D eigenvalue weighted by atomic mass is 19.3. The van der Waals surface area contributed by atoms with Gasteiger partial charge in [-0.1, -0.05) is 0 Å². The molecule has 2 aliphatic heterocycles. The van der Waals surface area contributed by atoms with Crippen molar-refractivity contribution in [1.29, 1.82) is 0 Å². The van der Waals surface area contributed by atoms with Crippen LogP contribution in [0.5, 0.6) is 0 Å². The molecule has 1 amide bonds. The summed E-state index contributed by atoms with van der Waals surface area (Å²) in [6.07, 6.45) is 1.33. The van der Waals surface area contributed by atoms with E-state index in [9.17, 15) is 13.6 Å². The van der Waals surface area contributed by atoms with Crippen LogP contribution in [-0.4, -0.2) is 54.4 Å². The Bertz CT molecular complexity index is 262. The lowest BCUT2D eigenvalue weighted by atomic mass is 10.0. The second kappa shape index (κ2) is 3.70. The minimum atomic E-state index is -3.11. The summed E-state index contributed by atoms with van der Waals surface area (Å²) >= 11 is 0. The molecule has 0 spiro atoms. The van der Waals surface area contributed by atoms with Crippen molar-refractivity contribution in [3.05, 3.63) is 0 Å². The van der Waals surface area contributed by atoms with Crippen molar-refractivity contribution < 1.29 is 13.6 Å². The number of hydrogen-bond donors (Lipinski definition) is 0. The summed E-state index contributed by atoms with van der Waals surface area (Å²) in [7, 11) is 2.01. The summed E-state index contributed by atoms with van der Waals surface area (Å²) < 4.78 is 26.0. The Morgan fingerprint density at radius 3 is 2.33 bits per heavy atom. The van der Waals surface area contributed by atoms with Gasteiger partial charge in [-0.25, -0.2) is 0 Å². The second-order valence-corrected chi connectivity index (χ2v) is 4.49. The zero-order valence-corrected chi connectivity index (χ0v) is 8.88. The van der Waals surface area contributed by atoms with E-state index in [0.29, 0.717) is 0 Å². The summed E-state index contributed by atoms with van der Waals surface area (Å²) in [5.74, 6) is -4.07. The number of rotatable bonds is 1. The molecule has 2 saturated heterocycles. The van der Waals surface area contributed by atoms with Crippen molar-refractivity contribution in [2.75, 3.05) is 26.7 Å². The molecule has 0 aliphatic carbocycles. The van der Waals surface area contributed by atoms with Gasteiger partial charge in [0.2, 0.25) is 0 Å². The van der Waals surface area contributed by atoms with Crippen LogP contribution < -0.4 is 0 Å². The first-order valence-electron chi connectivity index (χ1n) is 5.38. The molecule has 3 nitrogen and oxygen atoms in total. The largest absolute Gasteiger partial charge is 0.334 e. The number of alkyl halides is 2. The predicted octanol–water partition coefficient (Wildman–Crippen LogP) is 0.948. The summed E-state index contributed by atoms with van der Waals surface area (Å²) in [4.78, 5) is 14.9. The first-order chi connectivity index (χ1) is 7.00. The number of carbonyl (C=O) groups excluding carboxylic acids is 1. The molecule has 5 heteroatoms. The van der Waals surface area contributed by atoms with Gasteiger partial charge in [-0.3, -0.25) is 4.79 Å². The predicted molar refractivity (Wildman–Crippen MR) is 51.8 cm³/mol. The minimum Gasteiger partial charge on any atom is -0.334 e. The first kappa shape index (κ1) is 10.8. The molecular formula is C10H16F2N2O. The van der Waals surface area contributed by atoms with E-state index in [-0.39, 0.29) is 19.0 Å². The third-order valence-corrected chi connectivity index (χ3v) is 3.37. The molecule has 0 radical (unpaired) electrons. The number of likely N-dealkylation sites (tertiary alicyclic amines) is 2. The quantitative estimate of drug-likeness (QED) is 0.654. The van der Waals surface area contributed by atoms with Crippen molar-refractivity contribution in [2.45, 2.75) is 31.2 Å². The molecule has 2 fully saturated rings. The molecular weight excluding hydrogens is 202 g/mol. The molecule has 0 unspecified atom stereocenters. The fourth-order valence-corrected chi connectivity index (χ4v) is 2.33. The molecule has 0 N–H and O–H groups in total. The highest BCUT2D eigenvalue weighted by Gasteiger charge is 2.49. The van der Waals surface area contributed by atoms with Crippen LogP contribution >= 0.6 is 0 Å². The molecule has 15 heavy (non-hydrogen) atoms. The van der Waals surface area contributed by atoms with Crippen LogP contribution in [-0.2, 0) is 4.79 Å². The van der Waals surface area contributed by atoms with Crippen LogP contribution in [0.2, 0.25) is 0 Å². The number of piperidine rings is 1. The number of hydrogen-bond acceptors (Lipinski definition) is 2. The number of nitrogens with zero attached hydrogens (tertiary/aromatic N) is 2. The molecule has 0 aromatic rings. The average molecular weight is 218 g/mol. The lowest BCUT2D eigenvalue weighted by Gasteiger charge is -2.34. The average Bonchev–Trinajstić information content (AvgIpc) is 2.45. The van der Waals surface area contributed by atoms with Gasteiger partial charge in [0.1, 0.15) is 0 Å². The van der Waals surface area contributed by atoms with Crippen molar-refractivity contribution in [3.8, 4) is 0 Å². The smallest absolute Gasteiger partial charge is 0.326 e. The third-order valence-electron chi connectivity index (χ3n) is 3.37. The van der Waals surface area contributed by atoms with E-state index >= 15 is 0 Å². The minimum absolute atomic E-state index is 0.0297. The van der Waals surface area contributed by atoms with E-state index in [1.54, 1.807) is 0 Å². The van der Waals surface area contributed by atoms with Crippen LogP contribution in [0.1, 0.15) is 19.3 Å². The number of halogens is 2. The monoisotopic (exact) mass is 218 g/mol. The van der Waals surface area contributed by atoms with Crippen molar-refractivity contribution in [2.24, 2.45) is 0 Å². The zero-order chi connectivity index (χ0) is 11.1. The van der Waals surface area contributed by atoms with Gasteiger partial charge in [-0.05, 0) is 33.0 Å². The van der Waals surface area contributed by atoms with E-state index in [1.165, 1.54) is 4.90 Å². The summed E-state index contributed by atoms with van der Waals surface area (Å²) in [5, 5.41) is 0. The van der Waals surface area contributed by atoms with E-state index < -0.39 is 11.8 Å². The maximum absolute atomic E-state index is 13.0. The van der Waals surface area contributed by atoms with Gasteiger partial charge in [0.25, 0.3) is 5.91 Å². The van der Waals surface area contributed by atoms with Gasteiger partial charge in [-0.2, -0.15) is 8.78 Å². The van der Waals surface area contributed by atoms with Crippen LogP contribution in [0, 0.1) is 0 Å². The maximum atomic E-state index is 13.0. The Kier molecular flexibility index (Phi) is 2.66. The van der Waals surface area contributed by atoms with Crippen LogP contribution in [0.15, 0.2) is 0 Å². The van der Waals surface area contributed by atoms with Gasteiger partial charge >= 0.3 is 5.92 Å². The van der Waals surface area contributed by atoms with Gasteiger partial charge in [-0.15, -0.1) is 0 Å². The Morgan fingerprint density at radius 1 is 1.27 bits per heavy atom. The standard InChI is InChI=1S/C10H16F2N2O/c1-13-5-2-8(3-6-13)14-7-4-10(11,12)9(14)15/h8H,2-7H2,1H3. The molecule has 0 aromatic carbocycles. The summed E-state index contributed by atoms with van der Waals surface area (Å²) in [5.41, 5.74) is 0. The Labute approximate surface area is 88.0 Å². The van der Waals surface area contributed by atoms with Gasteiger partial charge < -0.3 is 9.80 Å². The highest BCUT2D eigenvalue weighted by molar-refractivity contribution is 5.85. The van der Waals surface area contributed by atoms with Crippen LogP contribution in [0.4, 0.5) is 8.78 Å². The maximum Gasteiger partial charge on any atom is 0.326 e. The number of carbonyl (C=O) groups is 1. The van der Waals surface area contributed by atoms with Crippen molar-refractivity contribution in [3.63, 3.8) is 0 Å². The van der Waals surface area contributed by atoms with Gasteiger partial charge in [0, 0.05) is 19.0 Å². The van der Waals surface area contributed by atoms with E-state index in [0.717, 1.165) is 25.9 Å². The SMILES string of the molecule is CN1CCC(N2CCC(F)(F)C2=O)CC1. The summed E-state index contributed by atoms with van der Waals surface area (Å²) in [6.45, 7) is 2.00. The van der Waals surface area contributed by atoms with Crippen LogP contribution in [0.25, 0.3) is 0 Å². The van der Waals surface area contributed by atoms with Gasteiger partial charge in [0.15, 0.2) is 0 Å². The van der Waals surface area contributed by atoms with Gasteiger partial charge in [0.05, 0.1) is 0 Å². The van der Waals surface area contributed by atoms with E-state index in [4.69, 9.17) is 0 Å². The zero-order valence-electron chi connectivity index (χ0n) is 8.88. The lowest BCUT2D eigenvalue weighted by molar-refractivity contribution is -0.150. The highest BCUT2D eigenvalue weighted by Crippen LogP contribution is 2.32. The molecule has 86 valence electrons. The van der Waals surface area contributed by atoms with Crippen molar-refractivity contribution in [1.82, 2.24) is 9.80 Å². The van der Waals surface area contributed by atoms with E-state index in [2.05, 4.69) is 4.90 Å². The second-order valence-electron chi connectivity index (χ2n) is 4.49. The molecule has 2 heterocycles. The normalized spacial score (nSPS) is 28.7. The summed E-state index contributed by atoms with van der Waals surface area (Å²) in [6, 6.07) is 0.0297. The molecule has 2 rings (SSSR count). The Morgan fingerprint density at radius 2 is 1.87 bits per heavy atom. The molecule has 0 saturated carbocycles. The Balaban J connectivity index is 1.98. The molecule has 0 atom stereocenters. The van der Waals surface area contributed by atoms with E-state index in [1.807, 2.05) is 7.05 Å². The van der Waals surface area contributed by atoms with Crippen molar-refractivity contribution >= 4 is 5.91 Å². The third kappa shape index (κ3) is 1.97. The molecule has 2 aliphatic rings. The van der Waals surface area contributed by atoms with Crippen LogP contribution in [0.3, 0.4) is 0 Å². The fourth-order valence-electron chi connectivity index (χ4n) is 2.33. The number of amides is 1. The lowest BCUT2D eigenvalue weighted by Crippen LogP contribution is -2.46.